The molecule has 0 bridgehead atoms. The molecule has 1 fully saturated rings. The smallest absolute Gasteiger partial charge is 0.188 e. The maximum Gasteiger partial charge on any atom is 0.188 e. The molecule has 30 heavy (non-hydrogen) atoms. The minimum Gasteiger partial charge on any atom is -0.365 e. The topological polar surface area (TPSA) is 68.2 Å². The van der Waals surface area contributed by atoms with E-state index < -0.39 is 24.1 Å². The summed E-state index contributed by atoms with van der Waals surface area (Å²) in [4.78, 5) is 0.966. The van der Waals surface area contributed by atoms with Gasteiger partial charge in [-0.25, -0.2) is 0 Å². The zero-order valence-corrected chi connectivity index (χ0v) is 19.1. The van der Waals surface area contributed by atoms with Crippen LogP contribution in [0.3, 0.4) is 0 Å². The molecule has 1 aliphatic heterocycles. The van der Waals surface area contributed by atoms with E-state index in [1.807, 2.05) is 44.2 Å². The lowest BCUT2D eigenvalue weighted by atomic mass is 9.87. The molecule has 3 rings (SSSR count). The molecule has 2 aromatic rings. The summed E-state index contributed by atoms with van der Waals surface area (Å²) in [6.45, 7) is 10.7. The van der Waals surface area contributed by atoms with Gasteiger partial charge < -0.3 is 24.4 Å². The van der Waals surface area contributed by atoms with E-state index in [1.165, 1.54) is 17.3 Å². The highest BCUT2D eigenvalue weighted by Crippen LogP contribution is 2.35. The van der Waals surface area contributed by atoms with Crippen molar-refractivity contribution < 1.29 is 24.4 Å². The molecule has 5 nitrogen and oxygen atoms in total. The lowest BCUT2D eigenvalue weighted by Gasteiger charge is -2.36. The summed E-state index contributed by atoms with van der Waals surface area (Å²) in [5.41, 5.74) is 2.35. The van der Waals surface area contributed by atoms with Gasteiger partial charge >= 0.3 is 0 Å². The van der Waals surface area contributed by atoms with E-state index >= 15 is 0 Å². The number of aliphatic hydroxyl groups is 2. The van der Waals surface area contributed by atoms with Crippen molar-refractivity contribution in [2.45, 2.75) is 75.2 Å². The van der Waals surface area contributed by atoms with Crippen LogP contribution in [0.5, 0.6) is 0 Å². The summed E-state index contributed by atoms with van der Waals surface area (Å²) in [5, 5.41) is 19.9. The van der Waals surface area contributed by atoms with Crippen molar-refractivity contribution in [1.82, 2.24) is 0 Å². The summed E-state index contributed by atoms with van der Waals surface area (Å²) in [7, 11) is 0. The fraction of sp³-hybridized carbons (Fsp3) is 0.500. The van der Waals surface area contributed by atoms with Gasteiger partial charge in [0.05, 0.1) is 12.7 Å². The van der Waals surface area contributed by atoms with E-state index in [9.17, 15) is 10.2 Å². The van der Waals surface area contributed by atoms with Gasteiger partial charge in [-0.15, -0.1) is 0 Å². The summed E-state index contributed by atoms with van der Waals surface area (Å²) in [6, 6.07) is 16.0. The lowest BCUT2D eigenvalue weighted by Crippen LogP contribution is -2.44. The Kier molecular flexibility index (Phi) is 7.61. The Labute approximate surface area is 183 Å². The third-order valence-corrected chi connectivity index (χ3v) is 6.48. The molecule has 1 aliphatic rings. The molecule has 3 unspecified atom stereocenters. The van der Waals surface area contributed by atoms with Gasteiger partial charge in [-0.05, 0) is 36.5 Å². The molecule has 0 aromatic heterocycles. The van der Waals surface area contributed by atoms with E-state index in [4.69, 9.17) is 14.2 Å². The van der Waals surface area contributed by atoms with E-state index in [0.29, 0.717) is 6.61 Å². The highest BCUT2D eigenvalue weighted by atomic mass is 32.2. The van der Waals surface area contributed by atoms with Crippen molar-refractivity contribution in [2.75, 3.05) is 6.61 Å². The first kappa shape index (κ1) is 23.3. The third kappa shape index (κ3) is 5.84. The third-order valence-electron chi connectivity index (χ3n) is 5.20. The highest BCUT2D eigenvalue weighted by molar-refractivity contribution is 7.99. The molecule has 4 atom stereocenters. The number of hydrogen-bond donors (Lipinski definition) is 2. The SMILES string of the molecule is Cc1ccc(C(C)(C)C)cc1SC(OC1COC(c2ccccc2)O[C@H]1C)C(O)O. The van der Waals surface area contributed by atoms with Crippen molar-refractivity contribution in [2.24, 2.45) is 0 Å². The molecular weight excluding hydrogens is 400 g/mol. The van der Waals surface area contributed by atoms with Crippen LogP contribution in [0.1, 0.15) is 50.7 Å². The summed E-state index contributed by atoms with van der Waals surface area (Å²) in [5.74, 6) is 0. The van der Waals surface area contributed by atoms with Crippen LogP contribution in [-0.4, -0.2) is 40.8 Å². The molecule has 2 aromatic carbocycles. The predicted molar refractivity (Wildman–Crippen MR) is 118 cm³/mol. The van der Waals surface area contributed by atoms with Crippen LogP contribution in [0.15, 0.2) is 53.4 Å². The molecule has 0 aliphatic carbocycles. The Morgan fingerprint density at radius 3 is 2.40 bits per heavy atom. The zero-order valence-electron chi connectivity index (χ0n) is 18.2. The summed E-state index contributed by atoms with van der Waals surface area (Å²) >= 11 is 1.31. The maximum atomic E-state index is 9.97. The summed E-state index contributed by atoms with van der Waals surface area (Å²) < 4.78 is 17.9. The van der Waals surface area contributed by atoms with Crippen LogP contribution < -0.4 is 0 Å². The number of hydrogen-bond acceptors (Lipinski definition) is 6. The van der Waals surface area contributed by atoms with Gasteiger partial charge in [-0.1, -0.05) is 75.0 Å². The molecule has 1 saturated heterocycles. The van der Waals surface area contributed by atoms with E-state index in [0.717, 1.165) is 16.0 Å². The predicted octanol–water partition coefficient (Wildman–Crippen LogP) is 4.54. The second-order valence-electron chi connectivity index (χ2n) is 8.72. The zero-order chi connectivity index (χ0) is 21.9. The lowest BCUT2D eigenvalue weighted by molar-refractivity contribution is -0.272. The van der Waals surface area contributed by atoms with Crippen molar-refractivity contribution in [1.29, 1.82) is 0 Å². The standard InChI is InChI=1S/C24H32O5S/c1-15-11-12-18(24(3,4)5)13-20(15)30-23(21(25)26)29-19-14-27-22(28-16(19)2)17-9-7-6-8-10-17/h6-13,16,19,21-23,25-26H,14H2,1-5H3/t16-,19?,22?,23?/m0/s1. The van der Waals surface area contributed by atoms with Crippen LogP contribution >= 0.6 is 11.8 Å². The number of rotatable bonds is 6. The summed E-state index contributed by atoms with van der Waals surface area (Å²) in [6.07, 6.45) is -2.74. The maximum absolute atomic E-state index is 9.97. The Morgan fingerprint density at radius 2 is 1.80 bits per heavy atom. The Hall–Kier alpha value is -1.41. The Bertz CT molecular complexity index is 818. The highest BCUT2D eigenvalue weighted by Gasteiger charge is 2.34. The first-order valence-corrected chi connectivity index (χ1v) is 11.1. The molecule has 2 N–H and O–H groups in total. The van der Waals surface area contributed by atoms with Crippen molar-refractivity contribution in [3.05, 3.63) is 65.2 Å². The number of aliphatic hydroxyl groups excluding tert-OH is 1. The average Bonchev–Trinajstić information content (AvgIpc) is 2.70. The molecule has 6 heteroatoms. The number of ether oxygens (including phenoxy) is 3. The minimum absolute atomic E-state index is 0.00318. The molecule has 0 amide bonds. The molecule has 0 saturated carbocycles. The van der Waals surface area contributed by atoms with Gasteiger partial charge in [0.1, 0.15) is 6.10 Å². The molecule has 164 valence electrons. The quantitative estimate of drug-likeness (QED) is 0.516. The Balaban J connectivity index is 1.68. The average molecular weight is 433 g/mol. The largest absolute Gasteiger partial charge is 0.365 e. The molecule has 0 spiro atoms. The van der Waals surface area contributed by atoms with Crippen molar-refractivity contribution >= 4 is 11.8 Å². The Morgan fingerprint density at radius 1 is 1.10 bits per heavy atom. The monoisotopic (exact) mass is 432 g/mol. The first-order valence-electron chi connectivity index (χ1n) is 10.3. The second kappa shape index (κ2) is 9.81. The fourth-order valence-electron chi connectivity index (χ4n) is 3.22. The normalized spacial score (nSPS) is 23.5. The van der Waals surface area contributed by atoms with Gasteiger partial charge in [-0.3, -0.25) is 0 Å². The van der Waals surface area contributed by atoms with Crippen LogP contribution in [0.25, 0.3) is 0 Å². The van der Waals surface area contributed by atoms with Gasteiger partial charge in [0.15, 0.2) is 18.0 Å². The van der Waals surface area contributed by atoms with Gasteiger partial charge in [0, 0.05) is 10.5 Å². The van der Waals surface area contributed by atoms with Crippen molar-refractivity contribution in [3.8, 4) is 0 Å². The van der Waals surface area contributed by atoms with Crippen LogP contribution in [0.4, 0.5) is 0 Å². The second-order valence-corrected chi connectivity index (χ2v) is 9.86. The van der Waals surface area contributed by atoms with Gasteiger partial charge in [0.2, 0.25) is 0 Å². The van der Waals surface area contributed by atoms with Gasteiger partial charge in [0.25, 0.3) is 0 Å². The number of aryl methyl sites for hydroxylation is 1. The van der Waals surface area contributed by atoms with E-state index in [2.05, 4.69) is 39.0 Å². The number of thioether (sulfide) groups is 1. The van der Waals surface area contributed by atoms with Crippen LogP contribution in [0.2, 0.25) is 0 Å². The van der Waals surface area contributed by atoms with Crippen LogP contribution in [0, 0.1) is 6.92 Å². The molecule has 1 heterocycles. The molecular formula is C24H32O5S. The fourth-order valence-corrected chi connectivity index (χ4v) is 4.24. The minimum atomic E-state index is -1.63. The van der Waals surface area contributed by atoms with Crippen molar-refractivity contribution in [3.63, 3.8) is 0 Å². The number of benzene rings is 2. The van der Waals surface area contributed by atoms with E-state index in [1.54, 1.807) is 0 Å². The van der Waals surface area contributed by atoms with Gasteiger partial charge in [-0.2, -0.15) is 0 Å². The van der Waals surface area contributed by atoms with Crippen LogP contribution in [-0.2, 0) is 19.6 Å². The first-order chi connectivity index (χ1) is 14.1. The van der Waals surface area contributed by atoms with E-state index in [-0.39, 0.29) is 11.5 Å². The molecule has 0 radical (unpaired) electrons.